The van der Waals surface area contributed by atoms with Crippen molar-refractivity contribution in [2.45, 2.75) is 5.33 Å². The van der Waals surface area contributed by atoms with Crippen molar-refractivity contribution >= 4 is 43.5 Å². The van der Waals surface area contributed by atoms with Crippen LogP contribution in [-0.4, -0.2) is 15.0 Å². The molecule has 0 aliphatic rings. The molecule has 0 bridgehead atoms. The van der Waals surface area contributed by atoms with Gasteiger partial charge in [-0.2, -0.15) is 0 Å². The van der Waals surface area contributed by atoms with Crippen molar-refractivity contribution in [1.82, 2.24) is 15.0 Å². The summed E-state index contributed by atoms with van der Waals surface area (Å²) in [6, 6.07) is 5.63. The average molecular weight is 351 g/mol. The normalized spacial score (nSPS) is 10.6. The zero-order chi connectivity index (χ0) is 10.8. The summed E-state index contributed by atoms with van der Waals surface area (Å²) in [4.78, 5) is 0. The Kier molecular flexibility index (Phi) is 3.43. The maximum Gasteiger partial charge on any atom is 0.0937 e. The number of alkyl halides is 1. The lowest BCUT2D eigenvalue weighted by Crippen LogP contribution is -1.94. The van der Waals surface area contributed by atoms with E-state index in [1.54, 1.807) is 4.68 Å². The van der Waals surface area contributed by atoms with E-state index in [9.17, 15) is 0 Å². The van der Waals surface area contributed by atoms with E-state index in [0.29, 0.717) is 10.4 Å². The van der Waals surface area contributed by atoms with Crippen LogP contribution in [0.4, 0.5) is 0 Å². The molecule has 78 valence electrons. The van der Waals surface area contributed by atoms with Crippen molar-refractivity contribution in [2.24, 2.45) is 0 Å². The zero-order valence-corrected chi connectivity index (χ0v) is 11.4. The Labute approximate surface area is 109 Å². The highest BCUT2D eigenvalue weighted by Gasteiger charge is 2.03. The Morgan fingerprint density at radius 3 is 2.80 bits per heavy atom. The number of aromatic nitrogens is 3. The van der Waals surface area contributed by atoms with Crippen LogP contribution in [-0.2, 0) is 5.33 Å². The van der Waals surface area contributed by atoms with Crippen LogP contribution in [0.1, 0.15) is 5.69 Å². The maximum atomic E-state index is 5.99. The van der Waals surface area contributed by atoms with Crippen LogP contribution in [0.2, 0.25) is 5.02 Å². The molecule has 0 unspecified atom stereocenters. The van der Waals surface area contributed by atoms with Crippen LogP contribution in [0.25, 0.3) is 5.69 Å². The molecular weight excluding hydrogens is 345 g/mol. The molecule has 2 rings (SSSR count). The quantitative estimate of drug-likeness (QED) is 0.775. The summed E-state index contributed by atoms with van der Waals surface area (Å²) in [5.41, 5.74) is 1.77. The number of rotatable bonds is 2. The lowest BCUT2D eigenvalue weighted by atomic mass is 10.3. The van der Waals surface area contributed by atoms with E-state index < -0.39 is 0 Å². The Morgan fingerprint density at radius 2 is 2.20 bits per heavy atom. The molecule has 1 heterocycles. The summed E-state index contributed by atoms with van der Waals surface area (Å²) in [7, 11) is 0. The standard InChI is InChI=1S/C9H6Br2ClN3/c10-4-6-5-15(14-13-6)7-1-2-8(11)9(12)3-7/h1-3,5H,4H2. The molecule has 0 saturated carbocycles. The second kappa shape index (κ2) is 4.63. The van der Waals surface area contributed by atoms with Crippen LogP contribution in [0.15, 0.2) is 28.9 Å². The molecule has 0 spiro atoms. The number of hydrogen-bond donors (Lipinski definition) is 0. The van der Waals surface area contributed by atoms with Gasteiger partial charge in [0.25, 0.3) is 0 Å². The van der Waals surface area contributed by atoms with Gasteiger partial charge in [-0.1, -0.05) is 32.7 Å². The van der Waals surface area contributed by atoms with E-state index in [1.807, 2.05) is 24.4 Å². The van der Waals surface area contributed by atoms with E-state index in [4.69, 9.17) is 11.6 Å². The summed E-state index contributed by atoms with van der Waals surface area (Å²) in [6.45, 7) is 0. The molecule has 0 fully saturated rings. The molecular formula is C9H6Br2ClN3. The van der Waals surface area contributed by atoms with Gasteiger partial charge in [-0.25, -0.2) is 4.68 Å². The second-order valence-electron chi connectivity index (χ2n) is 2.89. The molecule has 0 atom stereocenters. The van der Waals surface area contributed by atoms with E-state index in [-0.39, 0.29) is 0 Å². The van der Waals surface area contributed by atoms with Crippen LogP contribution >= 0.6 is 43.5 Å². The van der Waals surface area contributed by atoms with Gasteiger partial charge >= 0.3 is 0 Å². The molecule has 2 aromatic rings. The van der Waals surface area contributed by atoms with Gasteiger partial charge in [-0.3, -0.25) is 0 Å². The number of benzene rings is 1. The largest absolute Gasteiger partial charge is 0.220 e. The van der Waals surface area contributed by atoms with E-state index in [1.165, 1.54) is 0 Å². The minimum Gasteiger partial charge on any atom is -0.220 e. The van der Waals surface area contributed by atoms with Crippen molar-refractivity contribution in [1.29, 1.82) is 0 Å². The first-order chi connectivity index (χ1) is 7.20. The summed E-state index contributed by atoms with van der Waals surface area (Å²) in [5.74, 6) is 0. The predicted octanol–water partition coefficient (Wildman–Crippen LogP) is 3.58. The van der Waals surface area contributed by atoms with Crippen LogP contribution in [0.3, 0.4) is 0 Å². The van der Waals surface area contributed by atoms with Gasteiger partial charge in [0.1, 0.15) is 0 Å². The molecule has 6 heteroatoms. The van der Waals surface area contributed by atoms with Gasteiger partial charge in [-0.15, -0.1) is 5.10 Å². The van der Waals surface area contributed by atoms with Crippen LogP contribution < -0.4 is 0 Å². The highest BCUT2D eigenvalue weighted by Crippen LogP contribution is 2.24. The molecule has 0 aliphatic heterocycles. The lowest BCUT2D eigenvalue weighted by molar-refractivity contribution is 0.800. The summed E-state index contributed by atoms with van der Waals surface area (Å²) >= 11 is 12.6. The van der Waals surface area contributed by atoms with Gasteiger partial charge in [0.15, 0.2) is 0 Å². The van der Waals surface area contributed by atoms with Gasteiger partial charge in [0, 0.05) is 9.80 Å². The highest BCUT2D eigenvalue weighted by atomic mass is 79.9. The fourth-order valence-electron chi connectivity index (χ4n) is 1.11. The fraction of sp³-hybridized carbons (Fsp3) is 0.111. The highest BCUT2D eigenvalue weighted by molar-refractivity contribution is 9.10. The lowest BCUT2D eigenvalue weighted by Gasteiger charge is -2.01. The molecule has 0 saturated heterocycles. The maximum absolute atomic E-state index is 5.99. The molecule has 0 amide bonds. The Bertz CT molecular complexity index is 484. The summed E-state index contributed by atoms with van der Waals surface area (Å²) in [5, 5.41) is 9.31. The SMILES string of the molecule is Clc1cc(-n2cc(CBr)nn2)ccc1Br. The summed E-state index contributed by atoms with van der Waals surface area (Å²) in [6.07, 6.45) is 1.86. The summed E-state index contributed by atoms with van der Waals surface area (Å²) < 4.78 is 2.56. The van der Waals surface area contributed by atoms with Crippen molar-refractivity contribution in [3.63, 3.8) is 0 Å². The van der Waals surface area contributed by atoms with Crippen molar-refractivity contribution in [3.05, 3.63) is 39.6 Å². The molecule has 1 aromatic carbocycles. The van der Waals surface area contributed by atoms with E-state index in [2.05, 4.69) is 42.2 Å². The van der Waals surface area contributed by atoms with Crippen molar-refractivity contribution < 1.29 is 0 Å². The molecule has 0 N–H and O–H groups in total. The number of hydrogen-bond acceptors (Lipinski definition) is 2. The van der Waals surface area contributed by atoms with Crippen LogP contribution in [0, 0.1) is 0 Å². The van der Waals surface area contributed by atoms with Crippen molar-refractivity contribution in [3.8, 4) is 5.69 Å². The first-order valence-corrected chi connectivity index (χ1v) is 6.42. The molecule has 15 heavy (non-hydrogen) atoms. The van der Waals surface area contributed by atoms with E-state index >= 15 is 0 Å². The monoisotopic (exact) mass is 349 g/mol. The Morgan fingerprint density at radius 1 is 1.40 bits per heavy atom. The van der Waals surface area contributed by atoms with Crippen LogP contribution in [0.5, 0.6) is 0 Å². The first kappa shape index (κ1) is 11.1. The molecule has 1 aromatic heterocycles. The zero-order valence-electron chi connectivity index (χ0n) is 7.49. The van der Waals surface area contributed by atoms with E-state index in [0.717, 1.165) is 15.9 Å². The topological polar surface area (TPSA) is 30.7 Å². The van der Waals surface area contributed by atoms with Gasteiger partial charge in [0.05, 0.1) is 22.6 Å². The van der Waals surface area contributed by atoms with Crippen molar-refractivity contribution in [2.75, 3.05) is 0 Å². The van der Waals surface area contributed by atoms with Gasteiger partial charge in [-0.05, 0) is 34.1 Å². The first-order valence-electron chi connectivity index (χ1n) is 4.13. The Balaban J connectivity index is 2.40. The minimum absolute atomic E-state index is 0.656. The second-order valence-corrected chi connectivity index (χ2v) is 4.71. The smallest absolute Gasteiger partial charge is 0.0937 e. The third kappa shape index (κ3) is 2.41. The average Bonchev–Trinajstić information content (AvgIpc) is 2.70. The Hall–Kier alpha value is -0.390. The molecule has 0 radical (unpaired) electrons. The third-order valence-electron chi connectivity index (χ3n) is 1.85. The predicted molar refractivity (Wildman–Crippen MR) is 66.7 cm³/mol. The molecule has 0 aliphatic carbocycles. The van der Waals surface area contributed by atoms with Gasteiger partial charge < -0.3 is 0 Å². The number of nitrogens with zero attached hydrogens (tertiary/aromatic N) is 3. The fourth-order valence-corrected chi connectivity index (χ4v) is 1.79. The van der Waals surface area contributed by atoms with Gasteiger partial charge in [0.2, 0.25) is 0 Å². The minimum atomic E-state index is 0.656. The number of halogens is 3. The third-order valence-corrected chi connectivity index (χ3v) is 3.65. The molecule has 3 nitrogen and oxygen atoms in total.